The van der Waals surface area contributed by atoms with Crippen molar-refractivity contribution in [3.05, 3.63) is 23.9 Å². The second kappa shape index (κ2) is 3.88. The van der Waals surface area contributed by atoms with Crippen molar-refractivity contribution < 1.29 is 9.90 Å². The molecule has 4 nitrogen and oxygen atoms in total. The predicted molar refractivity (Wildman–Crippen MR) is 57.0 cm³/mol. The van der Waals surface area contributed by atoms with E-state index in [-0.39, 0.29) is 6.54 Å². The van der Waals surface area contributed by atoms with E-state index in [2.05, 4.69) is 4.98 Å². The van der Waals surface area contributed by atoms with Gasteiger partial charge in [-0.1, -0.05) is 0 Å². The van der Waals surface area contributed by atoms with E-state index in [1.165, 1.54) is 0 Å². The quantitative estimate of drug-likeness (QED) is 0.810. The minimum Gasteiger partial charge on any atom is -0.480 e. The molecule has 1 N–H and O–H groups in total. The van der Waals surface area contributed by atoms with Crippen LogP contribution in [0.5, 0.6) is 0 Å². The fourth-order valence-electron chi connectivity index (χ4n) is 1.61. The molecular formula is C11H14N2O2. The third kappa shape index (κ3) is 2.46. The lowest BCUT2D eigenvalue weighted by Crippen LogP contribution is -2.32. The summed E-state index contributed by atoms with van der Waals surface area (Å²) in [5, 5.41) is 8.82. The van der Waals surface area contributed by atoms with E-state index >= 15 is 0 Å². The fraction of sp³-hybridized carbons (Fsp3) is 0.455. The Morgan fingerprint density at radius 3 is 2.93 bits per heavy atom. The second-order valence-corrected chi connectivity index (χ2v) is 3.94. The van der Waals surface area contributed by atoms with Crippen LogP contribution in [-0.4, -0.2) is 28.6 Å². The smallest absolute Gasteiger partial charge is 0.323 e. The van der Waals surface area contributed by atoms with Gasteiger partial charge in [0.25, 0.3) is 0 Å². The summed E-state index contributed by atoms with van der Waals surface area (Å²) >= 11 is 0. The molecule has 1 heterocycles. The van der Waals surface area contributed by atoms with Gasteiger partial charge in [-0.2, -0.15) is 0 Å². The molecule has 1 aliphatic rings. The highest BCUT2D eigenvalue weighted by Crippen LogP contribution is 2.30. The molecule has 0 radical (unpaired) electrons. The van der Waals surface area contributed by atoms with Crippen molar-refractivity contribution in [2.45, 2.75) is 25.8 Å². The van der Waals surface area contributed by atoms with Gasteiger partial charge in [0.1, 0.15) is 12.4 Å². The molecule has 0 bridgehead atoms. The molecule has 1 aliphatic carbocycles. The highest BCUT2D eigenvalue weighted by Gasteiger charge is 2.31. The first-order valence-electron chi connectivity index (χ1n) is 5.08. The predicted octanol–water partition coefficient (Wildman–Crippen LogP) is 1.44. The van der Waals surface area contributed by atoms with Crippen LogP contribution in [-0.2, 0) is 4.79 Å². The van der Waals surface area contributed by atoms with Crippen molar-refractivity contribution in [2.75, 3.05) is 11.4 Å². The first-order valence-corrected chi connectivity index (χ1v) is 5.08. The van der Waals surface area contributed by atoms with Crippen LogP contribution in [0.15, 0.2) is 18.3 Å². The number of carboxylic acids is 1. The Morgan fingerprint density at radius 1 is 1.67 bits per heavy atom. The lowest BCUT2D eigenvalue weighted by atomic mass is 10.3. The summed E-state index contributed by atoms with van der Waals surface area (Å²) in [7, 11) is 0. The Morgan fingerprint density at radius 2 is 2.40 bits per heavy atom. The summed E-state index contributed by atoms with van der Waals surface area (Å²) in [6.45, 7) is 2.03. The Hall–Kier alpha value is -1.58. The molecule has 0 aromatic carbocycles. The van der Waals surface area contributed by atoms with E-state index in [9.17, 15) is 4.79 Å². The fourth-order valence-corrected chi connectivity index (χ4v) is 1.61. The molecule has 0 saturated heterocycles. The zero-order valence-corrected chi connectivity index (χ0v) is 8.68. The third-order valence-electron chi connectivity index (χ3n) is 2.49. The molecule has 0 aliphatic heterocycles. The minimum atomic E-state index is -0.801. The van der Waals surface area contributed by atoms with E-state index in [1.54, 1.807) is 6.20 Å². The van der Waals surface area contributed by atoms with Crippen LogP contribution in [0.25, 0.3) is 0 Å². The van der Waals surface area contributed by atoms with Crippen LogP contribution in [0.2, 0.25) is 0 Å². The maximum atomic E-state index is 10.7. The molecule has 15 heavy (non-hydrogen) atoms. The van der Waals surface area contributed by atoms with Crippen LogP contribution in [0, 0.1) is 6.92 Å². The molecule has 1 fully saturated rings. The van der Waals surface area contributed by atoms with Gasteiger partial charge in [0, 0.05) is 12.2 Å². The minimum absolute atomic E-state index is 0.0428. The molecular weight excluding hydrogens is 192 g/mol. The van der Waals surface area contributed by atoms with Crippen LogP contribution < -0.4 is 4.90 Å². The highest BCUT2D eigenvalue weighted by molar-refractivity contribution is 5.73. The van der Waals surface area contributed by atoms with E-state index in [0.717, 1.165) is 24.2 Å². The van der Waals surface area contributed by atoms with E-state index in [1.807, 2.05) is 24.0 Å². The number of hydrogen-bond donors (Lipinski definition) is 1. The number of nitrogens with zero attached hydrogens (tertiary/aromatic N) is 2. The SMILES string of the molecule is Cc1ccnc(N(CC(=O)O)C2CC2)c1. The lowest BCUT2D eigenvalue weighted by molar-refractivity contribution is -0.135. The number of carboxylic acid groups (broad SMARTS) is 1. The number of carbonyl (C=O) groups is 1. The van der Waals surface area contributed by atoms with Gasteiger partial charge >= 0.3 is 5.97 Å². The standard InChI is InChI=1S/C11H14N2O2/c1-8-4-5-12-10(6-8)13(7-11(14)15)9-2-3-9/h4-6,9H,2-3,7H2,1H3,(H,14,15). The monoisotopic (exact) mass is 206 g/mol. The number of aromatic nitrogens is 1. The topological polar surface area (TPSA) is 53.4 Å². The number of rotatable bonds is 4. The Bertz CT molecular complexity index is 375. The number of hydrogen-bond acceptors (Lipinski definition) is 3. The van der Waals surface area contributed by atoms with Crippen molar-refractivity contribution in [1.29, 1.82) is 0 Å². The summed E-state index contributed by atoms with van der Waals surface area (Å²) in [5.41, 5.74) is 1.11. The van der Waals surface area contributed by atoms with Crippen molar-refractivity contribution in [3.63, 3.8) is 0 Å². The average Bonchev–Trinajstić information content (AvgIpc) is 2.97. The Balaban J connectivity index is 2.19. The van der Waals surface area contributed by atoms with Gasteiger partial charge in [0.15, 0.2) is 0 Å². The summed E-state index contributed by atoms with van der Waals surface area (Å²) in [4.78, 5) is 16.8. The molecule has 80 valence electrons. The van der Waals surface area contributed by atoms with E-state index in [4.69, 9.17) is 5.11 Å². The third-order valence-corrected chi connectivity index (χ3v) is 2.49. The molecule has 1 saturated carbocycles. The normalized spacial score (nSPS) is 15.0. The molecule has 0 unspecified atom stereocenters. The zero-order chi connectivity index (χ0) is 10.8. The Kier molecular flexibility index (Phi) is 2.58. The molecule has 0 amide bonds. The van der Waals surface area contributed by atoms with Gasteiger partial charge < -0.3 is 10.0 Å². The summed E-state index contributed by atoms with van der Waals surface area (Å²) in [5.74, 6) is -0.0230. The number of pyridine rings is 1. The first-order chi connectivity index (χ1) is 7.16. The maximum absolute atomic E-state index is 10.7. The molecule has 1 aromatic heterocycles. The van der Waals surface area contributed by atoms with Crippen molar-refractivity contribution in [1.82, 2.24) is 4.98 Å². The maximum Gasteiger partial charge on any atom is 0.323 e. The number of aliphatic carboxylic acids is 1. The van der Waals surface area contributed by atoms with Crippen LogP contribution in [0.4, 0.5) is 5.82 Å². The number of anilines is 1. The Labute approximate surface area is 88.6 Å². The van der Waals surface area contributed by atoms with Gasteiger partial charge in [0.2, 0.25) is 0 Å². The summed E-state index contributed by atoms with van der Waals surface area (Å²) in [6.07, 6.45) is 3.87. The van der Waals surface area contributed by atoms with Crippen molar-refractivity contribution in [3.8, 4) is 0 Å². The zero-order valence-electron chi connectivity index (χ0n) is 8.68. The number of aryl methyl sites for hydroxylation is 1. The highest BCUT2D eigenvalue weighted by atomic mass is 16.4. The van der Waals surface area contributed by atoms with Crippen LogP contribution in [0.1, 0.15) is 18.4 Å². The van der Waals surface area contributed by atoms with Crippen molar-refractivity contribution >= 4 is 11.8 Å². The van der Waals surface area contributed by atoms with Gasteiger partial charge in [-0.25, -0.2) is 4.98 Å². The van der Waals surface area contributed by atoms with Crippen molar-refractivity contribution in [2.24, 2.45) is 0 Å². The van der Waals surface area contributed by atoms with Crippen LogP contribution >= 0.6 is 0 Å². The van der Waals surface area contributed by atoms with E-state index < -0.39 is 5.97 Å². The van der Waals surface area contributed by atoms with Crippen LogP contribution in [0.3, 0.4) is 0 Å². The molecule has 2 rings (SSSR count). The lowest BCUT2D eigenvalue weighted by Gasteiger charge is -2.21. The average molecular weight is 206 g/mol. The second-order valence-electron chi connectivity index (χ2n) is 3.94. The summed E-state index contributed by atoms with van der Waals surface area (Å²) in [6, 6.07) is 4.21. The first kappa shape index (κ1) is 9.96. The van der Waals surface area contributed by atoms with Gasteiger partial charge in [0.05, 0.1) is 0 Å². The van der Waals surface area contributed by atoms with Gasteiger partial charge in [-0.05, 0) is 37.5 Å². The van der Waals surface area contributed by atoms with E-state index in [0.29, 0.717) is 6.04 Å². The summed E-state index contributed by atoms with van der Waals surface area (Å²) < 4.78 is 0. The van der Waals surface area contributed by atoms with Gasteiger partial charge in [-0.15, -0.1) is 0 Å². The molecule has 1 aromatic rings. The molecule has 4 heteroatoms. The van der Waals surface area contributed by atoms with Gasteiger partial charge in [-0.3, -0.25) is 4.79 Å². The molecule has 0 atom stereocenters. The largest absolute Gasteiger partial charge is 0.480 e. The molecule has 0 spiro atoms.